The molecular formula is C44H36NO2PS. The lowest BCUT2D eigenvalue weighted by molar-refractivity contribution is 0.0736. The molecule has 0 atom stereocenters. The number of allylic oxidation sites excluding steroid dienone is 4. The van der Waals surface area contributed by atoms with Crippen molar-refractivity contribution in [1.82, 2.24) is 0 Å². The van der Waals surface area contributed by atoms with E-state index in [2.05, 4.69) is 117 Å². The number of hydrogen-bond acceptors (Lipinski definition) is 4. The maximum Gasteiger partial charge on any atom is 0.344 e. The molecule has 0 unspecified atom stereocenters. The van der Waals surface area contributed by atoms with Crippen LogP contribution in [-0.4, -0.2) is 11.7 Å². The van der Waals surface area contributed by atoms with E-state index in [0.717, 1.165) is 40.9 Å². The zero-order chi connectivity index (χ0) is 33.4. The molecular weight excluding hydrogens is 638 g/mol. The summed E-state index contributed by atoms with van der Waals surface area (Å²) in [5.41, 5.74) is 7.80. The summed E-state index contributed by atoms with van der Waals surface area (Å²) in [7, 11) is -0.956. The second-order valence-electron chi connectivity index (χ2n) is 13.1. The van der Waals surface area contributed by atoms with Gasteiger partial charge in [-0.15, -0.1) is 0 Å². The number of rotatable bonds is 7. The molecule has 240 valence electrons. The van der Waals surface area contributed by atoms with Crippen LogP contribution in [0.1, 0.15) is 54.6 Å². The Morgan fingerprint density at radius 1 is 0.796 bits per heavy atom. The monoisotopic (exact) mass is 673 g/mol. The molecule has 0 fully saturated rings. The number of fused-ring (bicyclic) bond motifs is 3. The minimum atomic E-state index is -0.956. The number of hydrogen-bond donors (Lipinski definition) is 0. The normalized spacial score (nSPS) is 16.1. The van der Waals surface area contributed by atoms with E-state index in [1.54, 1.807) is 11.8 Å². The zero-order valence-corrected chi connectivity index (χ0v) is 29.3. The second-order valence-corrected chi connectivity index (χ2v) is 16.3. The Balaban J connectivity index is 1.07. The standard InChI is InChI=1S/C44H36NO2PS/c1-44(2)37-21-10-11-22-38(37)45-41(44)27-25-30-14-13-15-32-28-31-24-26-33(29-40(31)49-42(30)32)47-43(46)36-20-9-12-23-39(36)48(34-16-5-3-6-17-34)35-18-7-4-8-19-35/h3-12,16-29H,13-15H2,1-2H3/b27-25+. The number of benzene rings is 5. The predicted molar refractivity (Wildman–Crippen MR) is 207 cm³/mol. The first-order valence-corrected chi connectivity index (χ1v) is 19.0. The van der Waals surface area contributed by atoms with E-state index in [-0.39, 0.29) is 11.4 Å². The molecule has 8 rings (SSSR count). The van der Waals surface area contributed by atoms with Gasteiger partial charge in [0.05, 0.1) is 17.0 Å². The van der Waals surface area contributed by atoms with E-state index in [0.29, 0.717) is 11.3 Å². The molecule has 0 amide bonds. The molecule has 0 bridgehead atoms. The molecule has 3 nitrogen and oxygen atoms in total. The van der Waals surface area contributed by atoms with Crippen LogP contribution in [-0.2, 0) is 5.41 Å². The Bertz CT molecular complexity index is 2160. The van der Waals surface area contributed by atoms with Crippen LogP contribution in [0.3, 0.4) is 0 Å². The molecule has 49 heavy (non-hydrogen) atoms. The topological polar surface area (TPSA) is 38.7 Å². The quantitative estimate of drug-likeness (QED) is 0.0981. The molecule has 5 aromatic rings. The molecule has 2 aliphatic heterocycles. The van der Waals surface area contributed by atoms with Crippen LogP contribution in [0.15, 0.2) is 165 Å². The van der Waals surface area contributed by atoms with Crippen molar-refractivity contribution in [2.75, 3.05) is 0 Å². The van der Waals surface area contributed by atoms with Gasteiger partial charge in [0.1, 0.15) is 5.75 Å². The lowest BCUT2D eigenvalue weighted by Crippen LogP contribution is -2.26. The van der Waals surface area contributed by atoms with Gasteiger partial charge in [-0.25, -0.2) is 4.79 Å². The summed E-state index contributed by atoms with van der Waals surface area (Å²) in [5, 5.41) is 3.37. The van der Waals surface area contributed by atoms with E-state index >= 15 is 0 Å². The Labute approximate surface area is 293 Å². The van der Waals surface area contributed by atoms with Gasteiger partial charge in [0, 0.05) is 15.2 Å². The SMILES string of the molecule is CC1(C)C(/C=C/C2=C3Sc4cc(OC(=O)c5ccccc5P(c5ccccc5)c5ccccc5)ccc4C=C3CCC2)=Nc2ccccc21. The predicted octanol–water partition coefficient (Wildman–Crippen LogP) is 10.2. The third-order valence-electron chi connectivity index (χ3n) is 9.51. The van der Waals surface area contributed by atoms with Gasteiger partial charge in [-0.2, -0.15) is 0 Å². The first kappa shape index (κ1) is 31.5. The van der Waals surface area contributed by atoms with Gasteiger partial charge in [-0.3, -0.25) is 4.99 Å². The fraction of sp³-hybridized carbons (Fsp3) is 0.136. The van der Waals surface area contributed by atoms with E-state index in [4.69, 9.17) is 9.73 Å². The molecule has 5 aromatic carbocycles. The number of ether oxygens (including phenoxy) is 1. The van der Waals surface area contributed by atoms with Crippen LogP contribution in [0, 0.1) is 0 Å². The largest absolute Gasteiger partial charge is 0.423 e. The Morgan fingerprint density at radius 2 is 1.49 bits per heavy atom. The molecule has 0 N–H and O–H groups in total. The maximum absolute atomic E-state index is 13.9. The van der Waals surface area contributed by atoms with Crippen molar-refractivity contribution < 1.29 is 9.53 Å². The van der Waals surface area contributed by atoms with Crippen LogP contribution >= 0.6 is 19.7 Å². The fourth-order valence-corrected chi connectivity index (χ4v) is 10.6. The lowest BCUT2D eigenvalue weighted by atomic mass is 9.81. The summed E-state index contributed by atoms with van der Waals surface area (Å²) in [5.74, 6) is 0.216. The van der Waals surface area contributed by atoms with Crippen LogP contribution in [0.2, 0.25) is 0 Å². The summed E-state index contributed by atoms with van der Waals surface area (Å²) in [6, 6.07) is 43.2. The van der Waals surface area contributed by atoms with Crippen LogP contribution in [0.5, 0.6) is 5.75 Å². The third kappa shape index (κ3) is 6.16. The van der Waals surface area contributed by atoms with Gasteiger partial charge in [0.25, 0.3) is 0 Å². The fourth-order valence-electron chi connectivity index (χ4n) is 6.93. The van der Waals surface area contributed by atoms with Crippen LogP contribution < -0.4 is 20.7 Å². The molecule has 0 saturated carbocycles. The number of carbonyl (C=O) groups excluding carboxylic acids is 1. The number of thioether (sulfide) groups is 1. The van der Waals surface area contributed by atoms with Crippen LogP contribution in [0.25, 0.3) is 6.08 Å². The van der Waals surface area contributed by atoms with Gasteiger partial charge in [-0.05, 0) is 102 Å². The number of aliphatic imine (C=N–C) groups is 1. The van der Waals surface area contributed by atoms with E-state index in [9.17, 15) is 4.79 Å². The average Bonchev–Trinajstić information content (AvgIpc) is 3.40. The number of esters is 1. The summed E-state index contributed by atoms with van der Waals surface area (Å²) in [6.45, 7) is 4.51. The van der Waals surface area contributed by atoms with Crippen LogP contribution in [0.4, 0.5) is 5.69 Å². The second kappa shape index (κ2) is 13.3. The Kier molecular flexibility index (Phi) is 8.53. The number of para-hydroxylation sites is 1. The van der Waals surface area contributed by atoms with E-state index in [1.165, 1.54) is 37.8 Å². The van der Waals surface area contributed by atoms with Gasteiger partial charge in [0.2, 0.25) is 0 Å². The highest BCUT2D eigenvalue weighted by molar-refractivity contribution is 8.03. The van der Waals surface area contributed by atoms with E-state index in [1.807, 2.05) is 42.5 Å². The summed E-state index contributed by atoms with van der Waals surface area (Å²) in [4.78, 5) is 21.3. The van der Waals surface area contributed by atoms with Crippen molar-refractivity contribution in [3.05, 3.63) is 172 Å². The summed E-state index contributed by atoms with van der Waals surface area (Å²) < 4.78 is 6.15. The molecule has 2 heterocycles. The van der Waals surface area contributed by atoms with Gasteiger partial charge >= 0.3 is 5.97 Å². The van der Waals surface area contributed by atoms with Crippen molar-refractivity contribution in [1.29, 1.82) is 0 Å². The highest BCUT2D eigenvalue weighted by Gasteiger charge is 2.33. The minimum absolute atomic E-state index is 0.126. The first-order valence-electron chi connectivity index (χ1n) is 16.8. The van der Waals surface area contributed by atoms with Crippen molar-refractivity contribution in [2.24, 2.45) is 4.99 Å². The smallest absolute Gasteiger partial charge is 0.344 e. The average molecular weight is 674 g/mol. The highest BCUT2D eigenvalue weighted by atomic mass is 32.2. The third-order valence-corrected chi connectivity index (χ3v) is 13.3. The number of carbonyl (C=O) groups is 1. The van der Waals surface area contributed by atoms with Gasteiger partial charge in [-0.1, -0.05) is 135 Å². The Hall–Kier alpha value is -4.76. The maximum atomic E-state index is 13.9. The lowest BCUT2D eigenvalue weighted by Gasteiger charge is -2.26. The van der Waals surface area contributed by atoms with Gasteiger partial charge < -0.3 is 4.74 Å². The van der Waals surface area contributed by atoms with Crippen molar-refractivity contribution in [3.63, 3.8) is 0 Å². The van der Waals surface area contributed by atoms with Crippen molar-refractivity contribution in [2.45, 2.75) is 43.4 Å². The first-order chi connectivity index (χ1) is 24.0. The molecule has 0 saturated heterocycles. The van der Waals surface area contributed by atoms with Crippen molar-refractivity contribution in [3.8, 4) is 5.75 Å². The highest BCUT2D eigenvalue weighted by Crippen LogP contribution is 2.48. The molecule has 1 aliphatic carbocycles. The number of nitrogens with zero attached hydrogens (tertiary/aromatic N) is 1. The molecule has 0 aromatic heterocycles. The molecule has 5 heteroatoms. The molecule has 3 aliphatic rings. The minimum Gasteiger partial charge on any atom is -0.423 e. The Morgan fingerprint density at radius 3 is 2.24 bits per heavy atom. The summed E-state index contributed by atoms with van der Waals surface area (Å²) >= 11 is 1.79. The summed E-state index contributed by atoms with van der Waals surface area (Å²) in [6.07, 6.45) is 10.0. The molecule has 0 spiro atoms. The van der Waals surface area contributed by atoms with Crippen molar-refractivity contribution >= 4 is 59.0 Å². The molecule has 0 radical (unpaired) electrons. The zero-order valence-electron chi connectivity index (χ0n) is 27.6. The van der Waals surface area contributed by atoms with E-state index < -0.39 is 7.92 Å². The van der Waals surface area contributed by atoms with Gasteiger partial charge in [0.15, 0.2) is 0 Å².